The minimum atomic E-state index is -4.56. The van der Waals surface area contributed by atoms with Gasteiger partial charge in [0, 0.05) is 0 Å². The highest BCUT2D eigenvalue weighted by molar-refractivity contribution is 6.33. The van der Waals surface area contributed by atoms with E-state index in [9.17, 15) is 18.0 Å². The third kappa shape index (κ3) is 5.89. The van der Waals surface area contributed by atoms with Crippen molar-refractivity contribution in [3.8, 4) is 11.5 Å². The van der Waals surface area contributed by atoms with Gasteiger partial charge in [-0.2, -0.15) is 13.2 Å². The van der Waals surface area contributed by atoms with Crippen LogP contribution >= 0.6 is 11.6 Å². The molecule has 0 spiro atoms. The number of rotatable bonds is 5. The number of carbonyl (C=O) groups is 1. The van der Waals surface area contributed by atoms with Crippen molar-refractivity contribution in [1.29, 1.82) is 0 Å². The van der Waals surface area contributed by atoms with E-state index in [1.165, 1.54) is 12.1 Å². The van der Waals surface area contributed by atoms with E-state index in [0.29, 0.717) is 12.4 Å². The lowest BCUT2D eigenvalue weighted by atomic mass is 10.2. The molecule has 0 aliphatic heterocycles. The van der Waals surface area contributed by atoms with Gasteiger partial charge in [0.25, 0.3) is 0 Å². The molecule has 8 heteroatoms. The summed E-state index contributed by atoms with van der Waals surface area (Å²) in [6.45, 7) is 0.384. The number of halogens is 4. The first-order valence-corrected chi connectivity index (χ1v) is 8.81. The van der Waals surface area contributed by atoms with Gasteiger partial charge in [-0.15, -0.1) is 0 Å². The van der Waals surface area contributed by atoms with Crippen LogP contribution < -0.4 is 14.8 Å². The van der Waals surface area contributed by atoms with Crippen molar-refractivity contribution in [3.05, 3.63) is 88.9 Å². The molecule has 4 nitrogen and oxygen atoms in total. The standard InChI is InChI=1S/C21H15ClF3NO3/c22-18-11-6-15(21(23,24)25)12-19(18)26-20(27)29-17-9-7-16(8-10-17)28-13-14-4-2-1-3-5-14/h1-12H,13H2,(H,26,27). The van der Waals surface area contributed by atoms with Crippen molar-refractivity contribution in [2.45, 2.75) is 12.8 Å². The van der Waals surface area contributed by atoms with E-state index in [2.05, 4.69) is 5.32 Å². The molecule has 0 aliphatic rings. The fourth-order valence-electron chi connectivity index (χ4n) is 2.38. The van der Waals surface area contributed by atoms with Crippen molar-refractivity contribution in [3.63, 3.8) is 0 Å². The van der Waals surface area contributed by atoms with E-state index >= 15 is 0 Å². The monoisotopic (exact) mass is 421 g/mol. The molecule has 0 fully saturated rings. The van der Waals surface area contributed by atoms with Gasteiger partial charge < -0.3 is 9.47 Å². The SMILES string of the molecule is O=C(Nc1cc(C(F)(F)F)ccc1Cl)Oc1ccc(OCc2ccccc2)cc1. The molecule has 0 aliphatic carbocycles. The second kappa shape index (κ2) is 8.87. The van der Waals surface area contributed by atoms with Gasteiger partial charge in [-0.1, -0.05) is 41.9 Å². The van der Waals surface area contributed by atoms with Crippen molar-refractivity contribution in [1.82, 2.24) is 0 Å². The van der Waals surface area contributed by atoms with Crippen molar-refractivity contribution in [2.24, 2.45) is 0 Å². The summed E-state index contributed by atoms with van der Waals surface area (Å²) < 4.78 is 49.1. The Bertz CT molecular complexity index is 977. The first-order chi connectivity index (χ1) is 13.8. The molecular weight excluding hydrogens is 407 g/mol. The topological polar surface area (TPSA) is 47.6 Å². The summed E-state index contributed by atoms with van der Waals surface area (Å²) in [7, 11) is 0. The molecule has 0 unspecified atom stereocenters. The third-order valence-electron chi connectivity index (χ3n) is 3.81. The van der Waals surface area contributed by atoms with Crippen LogP contribution in [0.5, 0.6) is 11.5 Å². The van der Waals surface area contributed by atoms with Crippen LogP contribution in [0.4, 0.5) is 23.7 Å². The van der Waals surface area contributed by atoms with E-state index in [1.807, 2.05) is 30.3 Å². The first kappa shape index (κ1) is 20.5. The van der Waals surface area contributed by atoms with E-state index in [4.69, 9.17) is 21.1 Å². The van der Waals surface area contributed by atoms with Gasteiger partial charge in [0.05, 0.1) is 16.3 Å². The van der Waals surface area contributed by atoms with Gasteiger partial charge in [0.1, 0.15) is 18.1 Å². The van der Waals surface area contributed by atoms with E-state index in [1.54, 1.807) is 12.1 Å². The number of ether oxygens (including phenoxy) is 2. The molecule has 1 amide bonds. The number of benzene rings is 3. The number of alkyl halides is 3. The molecular formula is C21H15ClF3NO3. The number of anilines is 1. The number of amides is 1. The molecule has 0 atom stereocenters. The molecule has 0 saturated heterocycles. The maximum atomic E-state index is 12.8. The number of nitrogens with one attached hydrogen (secondary N) is 1. The highest BCUT2D eigenvalue weighted by Crippen LogP contribution is 2.34. The van der Waals surface area contributed by atoms with E-state index in [-0.39, 0.29) is 16.5 Å². The lowest BCUT2D eigenvalue weighted by molar-refractivity contribution is -0.137. The predicted molar refractivity (Wildman–Crippen MR) is 103 cm³/mol. The molecule has 3 aromatic rings. The summed E-state index contributed by atoms with van der Waals surface area (Å²) in [6.07, 6.45) is -5.52. The lowest BCUT2D eigenvalue weighted by Gasteiger charge is -2.12. The summed E-state index contributed by atoms with van der Waals surface area (Å²) in [5, 5.41) is 2.17. The van der Waals surface area contributed by atoms with Crippen LogP contribution in [0.2, 0.25) is 5.02 Å². The largest absolute Gasteiger partial charge is 0.489 e. The van der Waals surface area contributed by atoms with Crippen LogP contribution in [-0.2, 0) is 12.8 Å². The third-order valence-corrected chi connectivity index (χ3v) is 4.14. The van der Waals surface area contributed by atoms with E-state index < -0.39 is 17.8 Å². The predicted octanol–water partition coefficient (Wildman–Crippen LogP) is 6.55. The number of carbonyl (C=O) groups excluding carboxylic acids is 1. The Morgan fingerprint density at radius 1 is 0.931 bits per heavy atom. The second-order valence-corrected chi connectivity index (χ2v) is 6.36. The highest BCUT2D eigenvalue weighted by Gasteiger charge is 2.31. The summed E-state index contributed by atoms with van der Waals surface area (Å²) >= 11 is 5.85. The summed E-state index contributed by atoms with van der Waals surface area (Å²) in [5.41, 5.74) is -0.128. The molecule has 3 aromatic carbocycles. The van der Waals surface area contributed by atoms with Crippen LogP contribution in [0.15, 0.2) is 72.8 Å². The van der Waals surface area contributed by atoms with Crippen molar-refractivity contribution < 1.29 is 27.4 Å². The fourth-order valence-corrected chi connectivity index (χ4v) is 2.55. The Hall–Kier alpha value is -3.19. The van der Waals surface area contributed by atoms with Crippen LogP contribution in [0, 0.1) is 0 Å². The summed E-state index contributed by atoms with van der Waals surface area (Å²) in [6, 6.07) is 18.5. The molecule has 0 aromatic heterocycles. The van der Waals surface area contributed by atoms with Crippen LogP contribution in [-0.4, -0.2) is 6.09 Å². The number of hydrogen-bond acceptors (Lipinski definition) is 3. The maximum Gasteiger partial charge on any atom is 0.417 e. The first-order valence-electron chi connectivity index (χ1n) is 8.43. The van der Waals surface area contributed by atoms with Crippen LogP contribution in [0.1, 0.15) is 11.1 Å². The van der Waals surface area contributed by atoms with Gasteiger partial charge in [0.2, 0.25) is 0 Å². The Kier molecular flexibility index (Phi) is 6.29. The molecule has 3 rings (SSSR count). The second-order valence-electron chi connectivity index (χ2n) is 5.95. The average molecular weight is 422 g/mol. The highest BCUT2D eigenvalue weighted by atomic mass is 35.5. The fraction of sp³-hybridized carbons (Fsp3) is 0.0952. The lowest BCUT2D eigenvalue weighted by Crippen LogP contribution is -2.17. The maximum absolute atomic E-state index is 12.8. The van der Waals surface area contributed by atoms with Crippen LogP contribution in [0.25, 0.3) is 0 Å². The van der Waals surface area contributed by atoms with E-state index in [0.717, 1.165) is 23.8 Å². The zero-order chi connectivity index (χ0) is 20.9. The molecule has 0 heterocycles. The smallest absolute Gasteiger partial charge is 0.417 e. The quantitative estimate of drug-likeness (QED) is 0.508. The van der Waals surface area contributed by atoms with Crippen LogP contribution in [0.3, 0.4) is 0 Å². The minimum absolute atomic E-state index is 0.0420. The van der Waals surface area contributed by atoms with Gasteiger partial charge in [-0.05, 0) is 48.0 Å². The summed E-state index contributed by atoms with van der Waals surface area (Å²) in [4.78, 5) is 12.0. The molecule has 1 N–H and O–H groups in total. The molecule has 29 heavy (non-hydrogen) atoms. The van der Waals surface area contributed by atoms with Gasteiger partial charge in [-0.25, -0.2) is 4.79 Å². The Morgan fingerprint density at radius 2 is 1.59 bits per heavy atom. The van der Waals surface area contributed by atoms with Gasteiger partial charge in [-0.3, -0.25) is 5.32 Å². The number of hydrogen-bond donors (Lipinski definition) is 1. The van der Waals surface area contributed by atoms with Gasteiger partial charge in [0.15, 0.2) is 0 Å². The summed E-state index contributed by atoms with van der Waals surface area (Å²) in [5.74, 6) is 0.764. The Labute approximate surface area is 169 Å². The molecule has 0 saturated carbocycles. The molecule has 0 bridgehead atoms. The van der Waals surface area contributed by atoms with Gasteiger partial charge >= 0.3 is 12.3 Å². The molecule has 150 valence electrons. The normalized spacial score (nSPS) is 11.0. The Morgan fingerprint density at radius 3 is 2.24 bits per heavy atom. The average Bonchev–Trinajstić information content (AvgIpc) is 2.69. The Balaban J connectivity index is 1.58. The zero-order valence-electron chi connectivity index (χ0n) is 14.9. The zero-order valence-corrected chi connectivity index (χ0v) is 15.6. The van der Waals surface area contributed by atoms with Crippen molar-refractivity contribution in [2.75, 3.05) is 5.32 Å². The van der Waals surface area contributed by atoms with Crippen molar-refractivity contribution >= 4 is 23.4 Å². The minimum Gasteiger partial charge on any atom is -0.489 e. The molecule has 0 radical (unpaired) electrons.